The van der Waals surface area contributed by atoms with Gasteiger partial charge in [0.25, 0.3) is 0 Å². The monoisotopic (exact) mass is 289 g/mol. The van der Waals surface area contributed by atoms with Crippen molar-refractivity contribution in [3.8, 4) is 5.82 Å². The van der Waals surface area contributed by atoms with Gasteiger partial charge in [-0.1, -0.05) is 0 Å². The first-order valence-electron chi connectivity index (χ1n) is 6.25. The number of fused-ring (bicyclic) bond motifs is 1. The summed E-state index contributed by atoms with van der Waals surface area (Å²) in [6.45, 7) is 4.10. The first kappa shape index (κ1) is 13.1. The molecule has 3 aromatic rings. The van der Waals surface area contributed by atoms with Gasteiger partial charge in [0.15, 0.2) is 0 Å². The summed E-state index contributed by atoms with van der Waals surface area (Å²) in [5.41, 5.74) is 4.84. The molecule has 0 amide bonds. The molecule has 0 saturated carbocycles. The Morgan fingerprint density at radius 1 is 1.15 bits per heavy atom. The van der Waals surface area contributed by atoms with E-state index in [0.29, 0.717) is 11.4 Å². The molecule has 0 aliphatic carbocycles. The number of hydrogen-bond acceptors (Lipinski definition) is 2. The number of nitrogens with zero attached hydrogens (tertiary/aromatic N) is 3. The molecule has 0 atom stereocenters. The van der Waals surface area contributed by atoms with Gasteiger partial charge in [-0.3, -0.25) is 4.57 Å². The summed E-state index contributed by atoms with van der Waals surface area (Å²) < 4.78 is 15.1. The molecule has 2 aromatic heterocycles. The van der Waals surface area contributed by atoms with Gasteiger partial charge in [-0.15, -0.1) is 11.6 Å². The number of hydrogen-bond donors (Lipinski definition) is 0. The molecule has 20 heavy (non-hydrogen) atoms. The van der Waals surface area contributed by atoms with Crippen LogP contribution in [-0.4, -0.2) is 14.5 Å². The van der Waals surface area contributed by atoms with Crippen LogP contribution in [0.1, 0.15) is 16.7 Å². The van der Waals surface area contributed by atoms with Crippen LogP contribution >= 0.6 is 11.6 Å². The Hall–Kier alpha value is -1.94. The van der Waals surface area contributed by atoms with Crippen molar-refractivity contribution in [2.75, 3.05) is 0 Å². The fourth-order valence-corrected chi connectivity index (χ4v) is 2.42. The second kappa shape index (κ2) is 4.87. The predicted molar refractivity (Wildman–Crippen MR) is 77.9 cm³/mol. The van der Waals surface area contributed by atoms with E-state index < -0.39 is 0 Å². The quantitative estimate of drug-likeness (QED) is 0.670. The van der Waals surface area contributed by atoms with Gasteiger partial charge < -0.3 is 0 Å². The van der Waals surface area contributed by atoms with Crippen LogP contribution in [0.15, 0.2) is 30.7 Å². The minimum absolute atomic E-state index is 0.199. The molecule has 0 unspecified atom stereocenters. The van der Waals surface area contributed by atoms with E-state index in [4.69, 9.17) is 11.6 Å². The molecule has 5 heteroatoms. The zero-order chi connectivity index (χ0) is 14.3. The normalized spacial score (nSPS) is 11.2. The van der Waals surface area contributed by atoms with E-state index in [1.807, 2.05) is 24.5 Å². The Labute approximate surface area is 121 Å². The van der Waals surface area contributed by atoms with Crippen LogP contribution in [0, 0.1) is 19.7 Å². The molecule has 3 nitrogen and oxygen atoms in total. The fourth-order valence-electron chi connectivity index (χ4n) is 2.22. The molecule has 0 saturated heterocycles. The molecule has 0 bridgehead atoms. The number of alkyl halides is 1. The number of aryl methyl sites for hydroxylation is 2. The van der Waals surface area contributed by atoms with E-state index in [1.165, 1.54) is 23.4 Å². The number of benzene rings is 1. The Morgan fingerprint density at radius 2 is 1.90 bits per heavy atom. The van der Waals surface area contributed by atoms with Gasteiger partial charge in [0, 0.05) is 5.56 Å². The average molecular weight is 290 g/mol. The molecule has 0 fully saturated rings. The smallest absolute Gasteiger partial charge is 0.142 e. The molecular formula is C15H13ClFN3. The Morgan fingerprint density at radius 3 is 2.65 bits per heavy atom. The lowest BCUT2D eigenvalue weighted by atomic mass is 10.1. The van der Waals surface area contributed by atoms with Crippen molar-refractivity contribution in [2.24, 2.45) is 0 Å². The van der Waals surface area contributed by atoms with Gasteiger partial charge in [0.05, 0.1) is 23.1 Å². The van der Waals surface area contributed by atoms with Gasteiger partial charge >= 0.3 is 0 Å². The molecular weight excluding hydrogens is 277 g/mol. The Balaban J connectivity index is 2.27. The summed E-state index contributed by atoms with van der Waals surface area (Å²) >= 11 is 5.89. The van der Waals surface area contributed by atoms with Gasteiger partial charge in [-0.25, -0.2) is 14.4 Å². The van der Waals surface area contributed by atoms with Gasteiger partial charge in [0.1, 0.15) is 18.0 Å². The van der Waals surface area contributed by atoms with Crippen LogP contribution in [0.3, 0.4) is 0 Å². The van der Waals surface area contributed by atoms with Crippen molar-refractivity contribution >= 4 is 22.6 Å². The number of pyridine rings is 1. The maximum atomic E-state index is 13.3. The Kier molecular flexibility index (Phi) is 3.18. The maximum Gasteiger partial charge on any atom is 0.142 e. The van der Waals surface area contributed by atoms with Crippen LogP contribution in [0.2, 0.25) is 0 Å². The molecule has 0 aliphatic rings. The third kappa shape index (κ3) is 2.06. The highest BCUT2D eigenvalue weighted by molar-refractivity contribution is 6.17. The van der Waals surface area contributed by atoms with E-state index in [1.54, 1.807) is 6.33 Å². The van der Waals surface area contributed by atoms with Crippen LogP contribution < -0.4 is 0 Å². The lowest BCUT2D eigenvalue weighted by Gasteiger charge is -2.09. The molecule has 0 aliphatic heterocycles. The van der Waals surface area contributed by atoms with Crippen molar-refractivity contribution in [2.45, 2.75) is 19.7 Å². The third-order valence-electron chi connectivity index (χ3n) is 3.44. The number of aromatic nitrogens is 3. The van der Waals surface area contributed by atoms with E-state index >= 15 is 0 Å². The minimum atomic E-state index is -0.388. The third-order valence-corrected chi connectivity index (χ3v) is 3.73. The molecule has 3 rings (SSSR count). The van der Waals surface area contributed by atoms with E-state index in [0.717, 1.165) is 11.0 Å². The second-order valence-electron chi connectivity index (χ2n) is 4.81. The van der Waals surface area contributed by atoms with Crippen LogP contribution in [0.4, 0.5) is 4.39 Å². The zero-order valence-electron chi connectivity index (χ0n) is 11.2. The van der Waals surface area contributed by atoms with Gasteiger partial charge in [-0.2, -0.15) is 0 Å². The molecule has 0 N–H and O–H groups in total. The Bertz CT molecular complexity index is 795. The second-order valence-corrected chi connectivity index (χ2v) is 5.08. The molecule has 102 valence electrons. The molecule has 0 radical (unpaired) electrons. The highest BCUT2D eigenvalue weighted by atomic mass is 35.5. The van der Waals surface area contributed by atoms with Crippen molar-refractivity contribution < 1.29 is 4.39 Å². The molecule has 2 heterocycles. The topological polar surface area (TPSA) is 30.7 Å². The molecule has 1 aromatic carbocycles. The fraction of sp³-hybridized carbons (Fsp3) is 0.200. The summed E-state index contributed by atoms with van der Waals surface area (Å²) in [5, 5.41) is 0. The maximum absolute atomic E-state index is 13.3. The first-order chi connectivity index (χ1) is 9.60. The summed E-state index contributed by atoms with van der Waals surface area (Å²) in [6, 6.07) is 5.49. The standard InChI is InChI=1S/C15H13ClFN3/c1-9-3-13-14(4-10(9)2)20(8-19-13)15-11(6-16)5-12(17)7-18-15/h3-5,7-8H,6H2,1-2H3. The van der Waals surface area contributed by atoms with Crippen LogP contribution in [-0.2, 0) is 5.88 Å². The largest absolute Gasteiger partial charge is 0.283 e. The summed E-state index contributed by atoms with van der Waals surface area (Å²) in [7, 11) is 0. The minimum Gasteiger partial charge on any atom is -0.283 e. The summed E-state index contributed by atoms with van der Waals surface area (Å²) in [5.74, 6) is 0.429. The van der Waals surface area contributed by atoms with Crippen molar-refractivity contribution in [3.05, 3.63) is 53.2 Å². The number of imidazole rings is 1. The SMILES string of the molecule is Cc1cc2ncn(-c3ncc(F)cc3CCl)c2cc1C. The van der Waals surface area contributed by atoms with Crippen LogP contribution in [0.5, 0.6) is 0 Å². The number of rotatable bonds is 2. The van der Waals surface area contributed by atoms with Crippen LogP contribution in [0.25, 0.3) is 16.9 Å². The molecule has 0 spiro atoms. The van der Waals surface area contributed by atoms with E-state index in [-0.39, 0.29) is 11.7 Å². The first-order valence-corrected chi connectivity index (χ1v) is 6.78. The van der Waals surface area contributed by atoms with Crippen molar-refractivity contribution in [1.29, 1.82) is 0 Å². The van der Waals surface area contributed by atoms with Crippen molar-refractivity contribution in [3.63, 3.8) is 0 Å². The average Bonchev–Trinajstić information content (AvgIpc) is 2.82. The highest BCUT2D eigenvalue weighted by Crippen LogP contribution is 2.23. The van der Waals surface area contributed by atoms with Crippen molar-refractivity contribution in [1.82, 2.24) is 14.5 Å². The highest BCUT2D eigenvalue weighted by Gasteiger charge is 2.12. The predicted octanol–water partition coefficient (Wildman–Crippen LogP) is 3.92. The van der Waals surface area contributed by atoms with Gasteiger partial charge in [0.2, 0.25) is 0 Å². The lowest BCUT2D eigenvalue weighted by Crippen LogP contribution is -2.01. The summed E-state index contributed by atoms with van der Waals surface area (Å²) in [4.78, 5) is 8.54. The zero-order valence-corrected chi connectivity index (χ0v) is 11.9. The lowest BCUT2D eigenvalue weighted by molar-refractivity contribution is 0.618. The van der Waals surface area contributed by atoms with E-state index in [2.05, 4.69) is 16.0 Å². The summed E-state index contributed by atoms with van der Waals surface area (Å²) in [6.07, 6.45) is 2.89. The van der Waals surface area contributed by atoms with Gasteiger partial charge in [-0.05, 0) is 43.2 Å². The number of halogens is 2. The van der Waals surface area contributed by atoms with E-state index in [9.17, 15) is 4.39 Å².